The Bertz CT molecular complexity index is 232. The first-order valence-corrected chi connectivity index (χ1v) is 5.47. The summed E-state index contributed by atoms with van der Waals surface area (Å²) in [5, 5.41) is 3.01. The van der Waals surface area contributed by atoms with Gasteiger partial charge in [0.1, 0.15) is 0 Å². The van der Waals surface area contributed by atoms with Crippen LogP contribution in [0, 0.1) is 0 Å². The van der Waals surface area contributed by atoms with Gasteiger partial charge in [-0.25, -0.2) is 4.79 Å². The Hall–Kier alpha value is -0.770. The summed E-state index contributed by atoms with van der Waals surface area (Å²) >= 11 is 0. The maximum Gasteiger partial charge on any atom is 0.317 e. The summed E-state index contributed by atoms with van der Waals surface area (Å²) in [6.07, 6.45) is 4.48. The summed E-state index contributed by atoms with van der Waals surface area (Å²) in [6, 6.07) is 0.501. The summed E-state index contributed by atoms with van der Waals surface area (Å²) in [5.74, 6) is 0. The van der Waals surface area contributed by atoms with Gasteiger partial charge < -0.3 is 16.0 Å². The number of urea groups is 1. The lowest BCUT2D eigenvalue weighted by Crippen LogP contribution is -2.70. The highest BCUT2D eigenvalue weighted by Gasteiger charge is 2.40. The fourth-order valence-electron chi connectivity index (χ4n) is 1.90. The van der Waals surface area contributed by atoms with Gasteiger partial charge in [-0.3, -0.25) is 0 Å². The predicted octanol–water partition coefficient (Wildman–Crippen LogP) is 0.672. The summed E-state index contributed by atoms with van der Waals surface area (Å²) in [7, 11) is 0. The van der Waals surface area contributed by atoms with Crippen molar-refractivity contribution in [3.63, 3.8) is 0 Å². The molecule has 1 aliphatic heterocycles. The molecule has 0 aromatic rings. The molecule has 0 atom stereocenters. The van der Waals surface area contributed by atoms with Gasteiger partial charge in [-0.2, -0.15) is 0 Å². The van der Waals surface area contributed by atoms with E-state index in [0.717, 1.165) is 19.3 Å². The number of hydrogen-bond acceptors (Lipinski definition) is 2. The molecule has 2 rings (SSSR count). The number of nitrogens with one attached hydrogen (secondary N) is 1. The van der Waals surface area contributed by atoms with E-state index in [0.29, 0.717) is 19.1 Å². The SMILES string of the molecule is CCC1(N)CN(C(=O)NC2CCC2)C1. The molecule has 0 radical (unpaired) electrons. The van der Waals surface area contributed by atoms with Crippen molar-refractivity contribution in [1.29, 1.82) is 0 Å². The minimum Gasteiger partial charge on any atom is -0.335 e. The van der Waals surface area contributed by atoms with Crippen LogP contribution in [0.3, 0.4) is 0 Å². The topological polar surface area (TPSA) is 58.4 Å². The summed E-state index contributed by atoms with van der Waals surface area (Å²) < 4.78 is 0. The fraction of sp³-hybridized carbons (Fsp3) is 0.900. The lowest BCUT2D eigenvalue weighted by molar-refractivity contribution is 0.0892. The summed E-state index contributed by atoms with van der Waals surface area (Å²) in [4.78, 5) is 13.4. The summed E-state index contributed by atoms with van der Waals surface area (Å²) in [6.45, 7) is 3.49. The average Bonchev–Trinajstić information content (AvgIpc) is 2.05. The van der Waals surface area contributed by atoms with Gasteiger partial charge in [0.15, 0.2) is 0 Å². The van der Waals surface area contributed by atoms with Crippen molar-refractivity contribution >= 4 is 6.03 Å². The number of carbonyl (C=O) groups is 1. The van der Waals surface area contributed by atoms with Gasteiger partial charge >= 0.3 is 6.03 Å². The van der Waals surface area contributed by atoms with Gasteiger partial charge in [0, 0.05) is 19.1 Å². The van der Waals surface area contributed by atoms with E-state index in [1.807, 2.05) is 4.90 Å². The third-order valence-electron chi connectivity index (χ3n) is 3.44. The lowest BCUT2D eigenvalue weighted by Gasteiger charge is -2.47. The van der Waals surface area contributed by atoms with Gasteiger partial charge in [-0.1, -0.05) is 6.92 Å². The normalized spacial score (nSPS) is 25.1. The first kappa shape index (κ1) is 9.77. The molecule has 4 nitrogen and oxygen atoms in total. The Labute approximate surface area is 84.8 Å². The van der Waals surface area contributed by atoms with E-state index < -0.39 is 0 Å². The maximum atomic E-state index is 11.6. The largest absolute Gasteiger partial charge is 0.335 e. The average molecular weight is 197 g/mol. The van der Waals surface area contributed by atoms with Gasteiger partial charge in [-0.05, 0) is 25.7 Å². The van der Waals surface area contributed by atoms with Crippen LogP contribution in [0.4, 0.5) is 4.79 Å². The Kier molecular flexibility index (Phi) is 2.39. The molecular weight excluding hydrogens is 178 g/mol. The van der Waals surface area contributed by atoms with Gasteiger partial charge in [0.2, 0.25) is 0 Å². The molecule has 2 fully saturated rings. The molecule has 1 aliphatic carbocycles. The molecule has 2 aliphatic rings. The van der Waals surface area contributed by atoms with E-state index in [1.165, 1.54) is 6.42 Å². The monoisotopic (exact) mass is 197 g/mol. The zero-order valence-corrected chi connectivity index (χ0v) is 8.75. The van der Waals surface area contributed by atoms with E-state index in [1.54, 1.807) is 0 Å². The fourth-order valence-corrected chi connectivity index (χ4v) is 1.90. The molecule has 3 N–H and O–H groups in total. The van der Waals surface area contributed by atoms with Crippen LogP contribution in [-0.2, 0) is 0 Å². The molecule has 0 aromatic carbocycles. The predicted molar refractivity (Wildman–Crippen MR) is 55.0 cm³/mol. The molecule has 14 heavy (non-hydrogen) atoms. The maximum absolute atomic E-state index is 11.6. The second kappa shape index (κ2) is 3.42. The number of hydrogen-bond donors (Lipinski definition) is 2. The van der Waals surface area contributed by atoms with E-state index in [-0.39, 0.29) is 11.6 Å². The molecule has 0 bridgehead atoms. The van der Waals surface area contributed by atoms with Gasteiger partial charge in [0.05, 0.1) is 5.54 Å². The highest BCUT2D eigenvalue weighted by atomic mass is 16.2. The van der Waals surface area contributed by atoms with Crippen molar-refractivity contribution in [2.24, 2.45) is 5.73 Å². The van der Waals surface area contributed by atoms with Crippen LogP contribution in [-0.4, -0.2) is 35.6 Å². The van der Waals surface area contributed by atoms with E-state index in [4.69, 9.17) is 5.73 Å². The van der Waals surface area contributed by atoms with Crippen LogP contribution in [0.25, 0.3) is 0 Å². The Morgan fingerprint density at radius 3 is 2.64 bits per heavy atom. The first-order chi connectivity index (χ1) is 6.63. The molecule has 80 valence electrons. The van der Waals surface area contributed by atoms with E-state index >= 15 is 0 Å². The third-order valence-corrected chi connectivity index (χ3v) is 3.44. The zero-order valence-electron chi connectivity index (χ0n) is 8.75. The van der Waals surface area contributed by atoms with Crippen LogP contribution in [0.5, 0.6) is 0 Å². The second-order valence-corrected chi connectivity index (χ2v) is 4.65. The molecule has 1 saturated carbocycles. The molecule has 1 heterocycles. The number of carbonyl (C=O) groups excluding carboxylic acids is 1. The Morgan fingerprint density at radius 2 is 2.21 bits per heavy atom. The van der Waals surface area contributed by atoms with Crippen LogP contribution in [0.2, 0.25) is 0 Å². The zero-order chi connectivity index (χ0) is 10.2. The first-order valence-electron chi connectivity index (χ1n) is 5.47. The molecule has 2 amide bonds. The highest BCUT2D eigenvalue weighted by Crippen LogP contribution is 2.23. The molecule has 0 aromatic heterocycles. The van der Waals surface area contributed by atoms with Crippen molar-refractivity contribution < 1.29 is 4.79 Å². The number of nitrogens with two attached hydrogens (primary N) is 1. The van der Waals surface area contributed by atoms with Crippen LogP contribution >= 0.6 is 0 Å². The minimum atomic E-state index is -0.114. The smallest absolute Gasteiger partial charge is 0.317 e. The van der Waals surface area contributed by atoms with E-state index in [9.17, 15) is 4.79 Å². The standard InChI is InChI=1S/C10H19N3O/c1-2-10(11)6-13(7-10)9(14)12-8-4-3-5-8/h8H,2-7,11H2,1H3,(H,12,14). The van der Waals surface area contributed by atoms with Crippen molar-refractivity contribution in [1.82, 2.24) is 10.2 Å². The highest BCUT2D eigenvalue weighted by molar-refractivity contribution is 5.76. The molecule has 0 unspecified atom stereocenters. The molecule has 1 saturated heterocycles. The number of likely N-dealkylation sites (tertiary alicyclic amines) is 1. The van der Waals surface area contributed by atoms with Crippen LogP contribution < -0.4 is 11.1 Å². The van der Waals surface area contributed by atoms with Gasteiger partial charge in [-0.15, -0.1) is 0 Å². The molecular formula is C10H19N3O. The lowest BCUT2D eigenvalue weighted by atomic mass is 9.88. The van der Waals surface area contributed by atoms with Crippen molar-refractivity contribution in [3.8, 4) is 0 Å². The van der Waals surface area contributed by atoms with Gasteiger partial charge in [0.25, 0.3) is 0 Å². The summed E-state index contributed by atoms with van der Waals surface area (Å²) in [5.41, 5.74) is 5.87. The minimum absolute atomic E-state index is 0.0734. The van der Waals surface area contributed by atoms with Crippen LogP contribution in [0.1, 0.15) is 32.6 Å². The quantitative estimate of drug-likeness (QED) is 0.683. The van der Waals surface area contributed by atoms with E-state index in [2.05, 4.69) is 12.2 Å². The number of amides is 2. The number of rotatable bonds is 2. The second-order valence-electron chi connectivity index (χ2n) is 4.65. The van der Waals surface area contributed by atoms with Crippen molar-refractivity contribution in [3.05, 3.63) is 0 Å². The van der Waals surface area contributed by atoms with Crippen molar-refractivity contribution in [2.75, 3.05) is 13.1 Å². The third kappa shape index (κ3) is 1.71. The number of nitrogens with zero attached hydrogens (tertiary/aromatic N) is 1. The Morgan fingerprint density at radius 1 is 1.57 bits per heavy atom. The van der Waals surface area contributed by atoms with Crippen LogP contribution in [0.15, 0.2) is 0 Å². The molecule has 4 heteroatoms. The Balaban J connectivity index is 1.73. The van der Waals surface area contributed by atoms with Crippen molar-refractivity contribution in [2.45, 2.75) is 44.2 Å². The molecule has 0 spiro atoms.